The summed E-state index contributed by atoms with van der Waals surface area (Å²) in [4.78, 5) is 17.1. The van der Waals surface area contributed by atoms with Gasteiger partial charge in [0.2, 0.25) is 15.9 Å². The van der Waals surface area contributed by atoms with E-state index in [0.717, 1.165) is 20.3 Å². The minimum absolute atomic E-state index is 0.182. The van der Waals surface area contributed by atoms with Gasteiger partial charge in [-0.1, -0.05) is 25.6 Å². The van der Waals surface area contributed by atoms with Crippen LogP contribution in [0.25, 0.3) is 10.2 Å². The fraction of sp³-hybridized carbons (Fsp3) is 0.333. The van der Waals surface area contributed by atoms with Crippen molar-refractivity contribution in [2.24, 2.45) is 0 Å². The number of hydrogen-bond donors (Lipinski definition) is 1. The Bertz CT molecular complexity index is 1140. The summed E-state index contributed by atoms with van der Waals surface area (Å²) < 4.78 is 33.8. The van der Waals surface area contributed by atoms with Crippen LogP contribution in [0.5, 0.6) is 5.75 Å². The molecule has 7 nitrogen and oxygen atoms in total. The predicted octanol–water partition coefficient (Wildman–Crippen LogP) is 4.46. The number of nitrogens with zero attached hydrogens (tertiary/aromatic N) is 2. The standard InChI is InChI=1S/C21H25N3O4S3/c1-4-24(5-2)31(26,27)17-10-7-15(8-11-17)22-20(25)14-29-21-23-18-12-9-16(28-6-3)13-19(18)30-21/h7-13H,4-6,14H2,1-3H3,(H,22,25). The van der Waals surface area contributed by atoms with Gasteiger partial charge in [-0.05, 0) is 49.4 Å². The fourth-order valence-corrected chi connectivity index (χ4v) is 6.30. The zero-order valence-corrected chi connectivity index (χ0v) is 20.1. The maximum Gasteiger partial charge on any atom is 0.243 e. The number of anilines is 1. The third kappa shape index (κ3) is 5.76. The molecule has 0 fully saturated rings. The van der Waals surface area contributed by atoms with Gasteiger partial charge in [0.1, 0.15) is 5.75 Å². The molecule has 1 aromatic heterocycles. The molecule has 10 heteroatoms. The number of thioether (sulfide) groups is 1. The van der Waals surface area contributed by atoms with Gasteiger partial charge in [-0.3, -0.25) is 4.79 Å². The topological polar surface area (TPSA) is 88.6 Å². The van der Waals surface area contributed by atoms with Crippen LogP contribution >= 0.6 is 23.1 Å². The molecule has 2 aromatic carbocycles. The monoisotopic (exact) mass is 479 g/mol. The Balaban J connectivity index is 1.59. The molecule has 0 atom stereocenters. The van der Waals surface area contributed by atoms with Gasteiger partial charge >= 0.3 is 0 Å². The van der Waals surface area contributed by atoms with Crippen LogP contribution in [-0.4, -0.2) is 49.1 Å². The third-order valence-corrected chi connectivity index (χ3v) is 8.68. The van der Waals surface area contributed by atoms with E-state index in [1.54, 1.807) is 26.0 Å². The number of rotatable bonds is 10. The molecule has 166 valence electrons. The van der Waals surface area contributed by atoms with Crippen LogP contribution in [0.4, 0.5) is 5.69 Å². The van der Waals surface area contributed by atoms with Crippen LogP contribution in [0.15, 0.2) is 51.7 Å². The summed E-state index contributed by atoms with van der Waals surface area (Å²) in [6, 6.07) is 12.0. The Labute approximate surface area is 190 Å². The van der Waals surface area contributed by atoms with Crippen LogP contribution in [0.3, 0.4) is 0 Å². The summed E-state index contributed by atoms with van der Waals surface area (Å²) in [6.07, 6.45) is 0. The van der Waals surface area contributed by atoms with Crippen molar-refractivity contribution in [2.45, 2.75) is 30.0 Å². The highest BCUT2D eigenvalue weighted by Gasteiger charge is 2.21. The SMILES string of the molecule is CCOc1ccc2nc(SCC(=O)Nc3ccc(S(=O)(=O)N(CC)CC)cc3)sc2c1. The molecule has 1 N–H and O–H groups in total. The number of carbonyl (C=O) groups excluding carboxylic acids is 1. The number of sulfonamides is 1. The minimum atomic E-state index is -3.51. The lowest BCUT2D eigenvalue weighted by molar-refractivity contribution is -0.113. The summed E-state index contributed by atoms with van der Waals surface area (Å²) >= 11 is 2.88. The van der Waals surface area contributed by atoms with Crippen LogP contribution in [-0.2, 0) is 14.8 Å². The summed E-state index contributed by atoms with van der Waals surface area (Å²) in [5.74, 6) is 0.829. The number of ether oxygens (including phenoxy) is 1. The molecular formula is C21H25N3O4S3. The average molecular weight is 480 g/mol. The maximum atomic E-state index is 12.5. The van der Waals surface area contributed by atoms with Gasteiger partial charge < -0.3 is 10.1 Å². The number of aromatic nitrogens is 1. The van der Waals surface area contributed by atoms with Crippen LogP contribution in [0.1, 0.15) is 20.8 Å². The van der Waals surface area contributed by atoms with Gasteiger partial charge in [0, 0.05) is 18.8 Å². The number of thiazole rings is 1. The summed E-state index contributed by atoms with van der Waals surface area (Å²) in [5.41, 5.74) is 1.43. The van der Waals surface area contributed by atoms with Gasteiger partial charge in [-0.25, -0.2) is 13.4 Å². The minimum Gasteiger partial charge on any atom is -0.494 e. The van der Waals surface area contributed by atoms with Gasteiger partial charge in [0.05, 0.1) is 27.5 Å². The van der Waals surface area contributed by atoms with E-state index >= 15 is 0 Å². The predicted molar refractivity (Wildman–Crippen MR) is 127 cm³/mol. The molecule has 0 aliphatic heterocycles. The molecule has 0 unspecified atom stereocenters. The average Bonchev–Trinajstić information content (AvgIpc) is 3.16. The highest BCUT2D eigenvalue weighted by atomic mass is 32.2. The second-order valence-electron chi connectivity index (χ2n) is 6.49. The third-order valence-electron chi connectivity index (χ3n) is 4.46. The number of amides is 1. The number of hydrogen-bond acceptors (Lipinski definition) is 7. The van der Waals surface area contributed by atoms with Crippen molar-refractivity contribution in [1.82, 2.24) is 9.29 Å². The van der Waals surface area contributed by atoms with E-state index < -0.39 is 10.0 Å². The first kappa shape index (κ1) is 23.5. The quantitative estimate of drug-likeness (QED) is 0.432. The summed E-state index contributed by atoms with van der Waals surface area (Å²) in [5, 5.41) is 2.80. The van der Waals surface area contributed by atoms with E-state index in [2.05, 4.69) is 10.3 Å². The van der Waals surface area contributed by atoms with E-state index in [-0.39, 0.29) is 16.6 Å². The van der Waals surface area contributed by atoms with Gasteiger partial charge in [-0.15, -0.1) is 11.3 Å². The first-order valence-electron chi connectivity index (χ1n) is 9.93. The van der Waals surface area contributed by atoms with Crippen LogP contribution in [0, 0.1) is 0 Å². The smallest absolute Gasteiger partial charge is 0.243 e. The highest BCUT2D eigenvalue weighted by Crippen LogP contribution is 2.32. The van der Waals surface area contributed by atoms with E-state index in [4.69, 9.17) is 4.74 Å². The van der Waals surface area contributed by atoms with E-state index in [1.807, 2.05) is 25.1 Å². The van der Waals surface area contributed by atoms with E-state index in [1.165, 1.54) is 39.5 Å². The Hall–Kier alpha value is -2.14. The number of nitrogens with one attached hydrogen (secondary N) is 1. The normalized spacial score (nSPS) is 11.7. The lowest BCUT2D eigenvalue weighted by Gasteiger charge is -2.18. The molecule has 0 aliphatic rings. The Morgan fingerprint density at radius 3 is 2.48 bits per heavy atom. The molecular weight excluding hydrogens is 454 g/mol. The van der Waals surface area contributed by atoms with Crippen molar-refractivity contribution >= 4 is 54.9 Å². The molecule has 31 heavy (non-hydrogen) atoms. The molecule has 1 amide bonds. The van der Waals surface area contributed by atoms with Crippen LogP contribution < -0.4 is 10.1 Å². The zero-order valence-electron chi connectivity index (χ0n) is 17.6. The van der Waals surface area contributed by atoms with Crippen molar-refractivity contribution in [3.8, 4) is 5.75 Å². The Kier molecular flexibility index (Phi) is 7.93. The van der Waals surface area contributed by atoms with Crippen molar-refractivity contribution < 1.29 is 17.9 Å². The largest absolute Gasteiger partial charge is 0.494 e. The van der Waals surface area contributed by atoms with Crippen molar-refractivity contribution in [2.75, 3.05) is 30.8 Å². The van der Waals surface area contributed by atoms with Gasteiger partial charge in [0.15, 0.2) is 4.34 Å². The molecule has 3 rings (SSSR count). The van der Waals surface area contributed by atoms with Gasteiger partial charge in [0.25, 0.3) is 0 Å². The van der Waals surface area contributed by atoms with E-state index in [0.29, 0.717) is 25.4 Å². The lowest BCUT2D eigenvalue weighted by atomic mass is 10.3. The van der Waals surface area contributed by atoms with E-state index in [9.17, 15) is 13.2 Å². The first-order chi connectivity index (χ1) is 14.9. The molecule has 3 aromatic rings. The maximum absolute atomic E-state index is 12.5. The zero-order chi connectivity index (χ0) is 22.4. The second kappa shape index (κ2) is 10.4. The molecule has 1 heterocycles. The highest BCUT2D eigenvalue weighted by molar-refractivity contribution is 8.01. The lowest BCUT2D eigenvalue weighted by Crippen LogP contribution is -2.30. The molecule has 0 saturated carbocycles. The molecule has 0 saturated heterocycles. The Morgan fingerprint density at radius 2 is 1.84 bits per heavy atom. The number of carbonyl (C=O) groups is 1. The molecule has 0 bridgehead atoms. The first-order valence-corrected chi connectivity index (χ1v) is 13.2. The molecule has 0 radical (unpaired) electrons. The van der Waals surface area contributed by atoms with Crippen LogP contribution in [0.2, 0.25) is 0 Å². The second-order valence-corrected chi connectivity index (χ2v) is 10.7. The number of fused-ring (bicyclic) bond motifs is 1. The summed E-state index contributed by atoms with van der Waals surface area (Å²) in [6.45, 7) is 6.97. The summed E-state index contributed by atoms with van der Waals surface area (Å²) in [7, 11) is -3.51. The molecule has 0 spiro atoms. The van der Waals surface area contributed by atoms with Crippen molar-refractivity contribution in [3.63, 3.8) is 0 Å². The van der Waals surface area contributed by atoms with Gasteiger partial charge in [-0.2, -0.15) is 4.31 Å². The number of benzene rings is 2. The Morgan fingerprint density at radius 1 is 1.13 bits per heavy atom. The fourth-order valence-electron chi connectivity index (χ4n) is 2.95. The van der Waals surface area contributed by atoms with Crippen molar-refractivity contribution in [1.29, 1.82) is 0 Å². The van der Waals surface area contributed by atoms with Crippen molar-refractivity contribution in [3.05, 3.63) is 42.5 Å². The molecule has 0 aliphatic carbocycles.